The van der Waals surface area contributed by atoms with Crippen molar-refractivity contribution in [1.82, 2.24) is 4.90 Å². The van der Waals surface area contributed by atoms with Crippen LogP contribution in [0.25, 0.3) is 0 Å². The summed E-state index contributed by atoms with van der Waals surface area (Å²) in [6, 6.07) is 0. The Morgan fingerprint density at radius 1 is 1.18 bits per heavy atom. The van der Waals surface area contributed by atoms with Gasteiger partial charge in [0.25, 0.3) is 0 Å². The standard InChI is InChI=1S/C10H19N/c1-7(2)10-8-4-9(10)6-11(3)5-8/h7-10H,4-6H2,1-3H3/t8-,9+,10+. The lowest BCUT2D eigenvalue weighted by atomic mass is 9.58. The molecule has 3 fully saturated rings. The number of hydrogen-bond donors (Lipinski definition) is 0. The van der Waals surface area contributed by atoms with Crippen LogP contribution in [0, 0.1) is 23.7 Å². The molecule has 0 aromatic carbocycles. The van der Waals surface area contributed by atoms with Crippen molar-refractivity contribution in [1.29, 1.82) is 0 Å². The minimum absolute atomic E-state index is 0.924. The predicted molar refractivity (Wildman–Crippen MR) is 47.4 cm³/mol. The average Bonchev–Trinajstić information content (AvgIpc) is 1.84. The Bertz CT molecular complexity index is 141. The zero-order chi connectivity index (χ0) is 8.01. The van der Waals surface area contributed by atoms with Crippen LogP contribution in [0.3, 0.4) is 0 Å². The van der Waals surface area contributed by atoms with E-state index in [1.807, 2.05) is 0 Å². The van der Waals surface area contributed by atoms with Gasteiger partial charge in [0.15, 0.2) is 0 Å². The Kier molecular flexibility index (Phi) is 1.71. The van der Waals surface area contributed by atoms with Crippen LogP contribution in [-0.4, -0.2) is 25.0 Å². The third-order valence-corrected chi connectivity index (χ3v) is 3.56. The number of fused-ring (bicyclic) bond motifs is 2. The average molecular weight is 153 g/mol. The molecule has 0 radical (unpaired) electrons. The fourth-order valence-corrected chi connectivity index (χ4v) is 3.25. The molecule has 0 N–H and O–H groups in total. The summed E-state index contributed by atoms with van der Waals surface area (Å²) in [6.07, 6.45) is 1.52. The van der Waals surface area contributed by atoms with Crippen molar-refractivity contribution in [3.05, 3.63) is 0 Å². The molecule has 1 aliphatic carbocycles. The minimum Gasteiger partial charge on any atom is -0.306 e. The van der Waals surface area contributed by atoms with Crippen molar-refractivity contribution < 1.29 is 0 Å². The molecule has 2 bridgehead atoms. The highest BCUT2D eigenvalue weighted by Gasteiger charge is 2.46. The molecule has 11 heavy (non-hydrogen) atoms. The van der Waals surface area contributed by atoms with Gasteiger partial charge in [0, 0.05) is 13.1 Å². The van der Waals surface area contributed by atoms with Gasteiger partial charge in [-0.25, -0.2) is 0 Å². The highest BCUT2D eigenvalue weighted by atomic mass is 15.1. The second-order valence-electron chi connectivity index (χ2n) is 4.80. The number of rotatable bonds is 1. The molecule has 2 heterocycles. The number of hydrogen-bond acceptors (Lipinski definition) is 1. The normalized spacial score (nSPS) is 44.2. The molecule has 1 nitrogen and oxygen atoms in total. The van der Waals surface area contributed by atoms with Crippen molar-refractivity contribution >= 4 is 0 Å². The lowest BCUT2D eigenvalue weighted by Gasteiger charge is -2.54. The minimum atomic E-state index is 0.924. The Hall–Kier alpha value is -0.0400. The fourth-order valence-electron chi connectivity index (χ4n) is 3.25. The van der Waals surface area contributed by atoms with Crippen LogP contribution in [0.1, 0.15) is 20.3 Å². The zero-order valence-corrected chi connectivity index (χ0v) is 7.88. The van der Waals surface area contributed by atoms with E-state index >= 15 is 0 Å². The monoisotopic (exact) mass is 153 g/mol. The van der Waals surface area contributed by atoms with E-state index < -0.39 is 0 Å². The second kappa shape index (κ2) is 2.48. The molecule has 1 saturated carbocycles. The van der Waals surface area contributed by atoms with Gasteiger partial charge in [-0.2, -0.15) is 0 Å². The Morgan fingerprint density at radius 3 is 2.18 bits per heavy atom. The fraction of sp³-hybridized carbons (Fsp3) is 1.00. The molecular weight excluding hydrogens is 134 g/mol. The van der Waals surface area contributed by atoms with Gasteiger partial charge in [0.1, 0.15) is 0 Å². The van der Waals surface area contributed by atoms with Gasteiger partial charge in [-0.1, -0.05) is 13.8 Å². The molecule has 2 aliphatic heterocycles. The van der Waals surface area contributed by atoms with Gasteiger partial charge in [-0.15, -0.1) is 0 Å². The van der Waals surface area contributed by atoms with Crippen molar-refractivity contribution in [2.45, 2.75) is 20.3 Å². The Morgan fingerprint density at radius 2 is 1.73 bits per heavy atom. The van der Waals surface area contributed by atoms with E-state index in [0.717, 1.165) is 23.7 Å². The molecule has 3 aliphatic rings. The van der Waals surface area contributed by atoms with Crippen LogP contribution in [0.4, 0.5) is 0 Å². The highest BCUT2D eigenvalue weighted by Crippen LogP contribution is 2.48. The van der Waals surface area contributed by atoms with Crippen molar-refractivity contribution in [3.8, 4) is 0 Å². The van der Waals surface area contributed by atoms with E-state index in [4.69, 9.17) is 0 Å². The second-order valence-corrected chi connectivity index (χ2v) is 4.80. The highest BCUT2D eigenvalue weighted by molar-refractivity contribution is 4.97. The van der Waals surface area contributed by atoms with Crippen molar-refractivity contribution in [3.63, 3.8) is 0 Å². The summed E-state index contributed by atoms with van der Waals surface area (Å²) in [7, 11) is 2.26. The first kappa shape index (κ1) is 7.60. The zero-order valence-electron chi connectivity index (χ0n) is 7.88. The third kappa shape index (κ3) is 1.10. The van der Waals surface area contributed by atoms with Gasteiger partial charge in [-0.05, 0) is 37.1 Å². The van der Waals surface area contributed by atoms with E-state index in [-0.39, 0.29) is 0 Å². The smallest absolute Gasteiger partial charge is 0.000970 e. The van der Waals surface area contributed by atoms with E-state index in [2.05, 4.69) is 25.8 Å². The molecule has 2 saturated heterocycles. The SMILES string of the molecule is CC(C)[C@H]1[C@@H]2C[C@H]1CN(C)C2. The van der Waals surface area contributed by atoms with Crippen LogP contribution < -0.4 is 0 Å². The van der Waals surface area contributed by atoms with Crippen molar-refractivity contribution in [2.24, 2.45) is 23.7 Å². The first-order chi connectivity index (χ1) is 5.18. The van der Waals surface area contributed by atoms with Crippen LogP contribution in [0.5, 0.6) is 0 Å². The molecule has 0 aromatic rings. The topological polar surface area (TPSA) is 3.24 Å². The first-order valence-electron chi connectivity index (χ1n) is 4.87. The van der Waals surface area contributed by atoms with E-state index in [0.29, 0.717) is 0 Å². The maximum Gasteiger partial charge on any atom is 0.000970 e. The molecular formula is C10H19N. The molecule has 3 rings (SSSR count). The van der Waals surface area contributed by atoms with E-state index in [1.54, 1.807) is 0 Å². The maximum atomic E-state index is 2.50. The Balaban J connectivity index is 1.98. The summed E-state index contributed by atoms with van der Waals surface area (Å²) in [5.41, 5.74) is 0. The molecule has 0 unspecified atom stereocenters. The largest absolute Gasteiger partial charge is 0.306 e. The number of piperidine rings is 2. The molecule has 64 valence electrons. The van der Waals surface area contributed by atoms with Gasteiger partial charge in [-0.3, -0.25) is 0 Å². The quantitative estimate of drug-likeness (QED) is 0.555. The van der Waals surface area contributed by atoms with E-state index in [1.165, 1.54) is 19.5 Å². The molecule has 3 atom stereocenters. The summed E-state index contributed by atoms with van der Waals surface area (Å²) in [5.74, 6) is 4.07. The number of nitrogens with zero attached hydrogens (tertiary/aromatic N) is 1. The van der Waals surface area contributed by atoms with Gasteiger partial charge in [0.05, 0.1) is 0 Å². The van der Waals surface area contributed by atoms with Gasteiger partial charge < -0.3 is 4.90 Å². The predicted octanol–water partition coefficient (Wildman–Crippen LogP) is 1.84. The molecule has 0 amide bonds. The third-order valence-electron chi connectivity index (χ3n) is 3.56. The Labute approximate surface area is 69.8 Å². The summed E-state index contributed by atoms with van der Waals surface area (Å²) < 4.78 is 0. The van der Waals surface area contributed by atoms with Gasteiger partial charge >= 0.3 is 0 Å². The van der Waals surface area contributed by atoms with E-state index in [9.17, 15) is 0 Å². The molecule has 0 spiro atoms. The van der Waals surface area contributed by atoms with Crippen LogP contribution in [-0.2, 0) is 0 Å². The lowest BCUT2D eigenvalue weighted by Crippen LogP contribution is -2.55. The summed E-state index contributed by atoms with van der Waals surface area (Å²) in [4.78, 5) is 2.50. The first-order valence-corrected chi connectivity index (χ1v) is 4.87. The molecule has 1 heteroatoms. The summed E-state index contributed by atoms with van der Waals surface area (Å²) in [6.45, 7) is 7.49. The van der Waals surface area contributed by atoms with Crippen LogP contribution in [0.2, 0.25) is 0 Å². The summed E-state index contributed by atoms with van der Waals surface area (Å²) >= 11 is 0. The van der Waals surface area contributed by atoms with Crippen LogP contribution >= 0.6 is 0 Å². The van der Waals surface area contributed by atoms with Crippen LogP contribution in [0.15, 0.2) is 0 Å². The maximum absolute atomic E-state index is 2.50. The lowest BCUT2D eigenvalue weighted by molar-refractivity contribution is -0.0565. The summed E-state index contributed by atoms with van der Waals surface area (Å²) in [5, 5.41) is 0. The van der Waals surface area contributed by atoms with Gasteiger partial charge in [0.2, 0.25) is 0 Å². The molecule has 0 aromatic heterocycles. The van der Waals surface area contributed by atoms with Crippen molar-refractivity contribution in [2.75, 3.05) is 20.1 Å².